The van der Waals surface area contributed by atoms with Gasteiger partial charge in [0.25, 0.3) is 0 Å². The molecule has 114 valence electrons. The van der Waals surface area contributed by atoms with E-state index in [4.69, 9.17) is 10.8 Å². The maximum atomic E-state index is 11.5. The van der Waals surface area contributed by atoms with Gasteiger partial charge in [0.2, 0.25) is 17.7 Å². The molecular formula is C12H21N3O5. The molecule has 1 unspecified atom stereocenters. The lowest BCUT2D eigenvalue weighted by Crippen LogP contribution is -2.43. The minimum atomic E-state index is -1.29. The molecule has 1 atom stereocenters. The van der Waals surface area contributed by atoms with Crippen molar-refractivity contribution in [2.75, 3.05) is 6.54 Å². The topological polar surface area (TPSA) is 139 Å². The summed E-state index contributed by atoms with van der Waals surface area (Å²) < 4.78 is 0. The fourth-order valence-corrected chi connectivity index (χ4v) is 1.52. The van der Waals surface area contributed by atoms with Crippen LogP contribution in [0.15, 0.2) is 0 Å². The first-order chi connectivity index (χ1) is 9.32. The summed E-state index contributed by atoms with van der Waals surface area (Å²) in [5, 5.41) is 13.7. The van der Waals surface area contributed by atoms with E-state index in [2.05, 4.69) is 10.6 Å². The van der Waals surface area contributed by atoms with E-state index in [1.54, 1.807) is 0 Å². The summed E-state index contributed by atoms with van der Waals surface area (Å²) in [5.41, 5.74) is 4.90. The van der Waals surface area contributed by atoms with Crippen molar-refractivity contribution in [2.24, 2.45) is 5.73 Å². The number of hydrogen-bond acceptors (Lipinski definition) is 4. The largest absolute Gasteiger partial charge is 0.480 e. The van der Waals surface area contributed by atoms with Crippen molar-refractivity contribution in [2.45, 2.75) is 45.1 Å². The van der Waals surface area contributed by atoms with Crippen LogP contribution in [-0.4, -0.2) is 41.4 Å². The highest BCUT2D eigenvalue weighted by Crippen LogP contribution is 2.00. The highest BCUT2D eigenvalue weighted by Gasteiger charge is 2.21. The van der Waals surface area contributed by atoms with Crippen LogP contribution in [0, 0.1) is 0 Å². The first kappa shape index (κ1) is 17.9. The number of unbranched alkanes of at least 4 members (excludes halogenated alkanes) is 2. The van der Waals surface area contributed by atoms with Crippen molar-refractivity contribution in [3.8, 4) is 0 Å². The first-order valence-electron chi connectivity index (χ1n) is 6.38. The smallest absolute Gasteiger partial charge is 0.326 e. The second kappa shape index (κ2) is 9.76. The third kappa shape index (κ3) is 9.86. The Bertz CT molecular complexity index is 370. The average Bonchev–Trinajstić information content (AvgIpc) is 2.31. The molecule has 0 aliphatic carbocycles. The van der Waals surface area contributed by atoms with Crippen LogP contribution in [0.4, 0.5) is 0 Å². The van der Waals surface area contributed by atoms with Gasteiger partial charge in [-0.15, -0.1) is 0 Å². The number of hydrogen-bond donors (Lipinski definition) is 4. The molecule has 20 heavy (non-hydrogen) atoms. The van der Waals surface area contributed by atoms with E-state index >= 15 is 0 Å². The third-order valence-electron chi connectivity index (χ3n) is 2.49. The van der Waals surface area contributed by atoms with E-state index in [1.165, 1.54) is 6.92 Å². The van der Waals surface area contributed by atoms with Crippen LogP contribution in [0.2, 0.25) is 0 Å². The summed E-state index contributed by atoms with van der Waals surface area (Å²) in [5.74, 6) is -2.60. The zero-order chi connectivity index (χ0) is 15.5. The van der Waals surface area contributed by atoms with E-state index in [9.17, 15) is 19.2 Å². The van der Waals surface area contributed by atoms with E-state index < -0.39 is 30.2 Å². The number of aliphatic carboxylic acids is 1. The van der Waals surface area contributed by atoms with Crippen molar-refractivity contribution in [1.29, 1.82) is 0 Å². The van der Waals surface area contributed by atoms with Crippen molar-refractivity contribution in [3.05, 3.63) is 0 Å². The Balaban J connectivity index is 3.82. The second-order valence-electron chi connectivity index (χ2n) is 4.42. The fraction of sp³-hybridized carbons (Fsp3) is 0.667. The molecule has 8 heteroatoms. The molecule has 0 aromatic heterocycles. The van der Waals surface area contributed by atoms with Gasteiger partial charge >= 0.3 is 5.97 Å². The molecule has 0 saturated heterocycles. The van der Waals surface area contributed by atoms with Crippen molar-refractivity contribution in [1.82, 2.24) is 10.6 Å². The molecule has 0 aromatic rings. The van der Waals surface area contributed by atoms with Gasteiger partial charge in [0, 0.05) is 19.9 Å². The fourth-order valence-electron chi connectivity index (χ4n) is 1.52. The summed E-state index contributed by atoms with van der Waals surface area (Å²) in [6.07, 6.45) is 1.80. The molecule has 0 rings (SSSR count). The molecule has 0 bridgehead atoms. The molecule has 0 heterocycles. The molecular weight excluding hydrogens is 266 g/mol. The monoisotopic (exact) mass is 287 g/mol. The van der Waals surface area contributed by atoms with Crippen LogP contribution in [-0.2, 0) is 19.2 Å². The van der Waals surface area contributed by atoms with Crippen LogP contribution in [0.25, 0.3) is 0 Å². The first-order valence-corrected chi connectivity index (χ1v) is 6.38. The Hall–Kier alpha value is -2.12. The van der Waals surface area contributed by atoms with Crippen molar-refractivity contribution in [3.63, 3.8) is 0 Å². The summed E-state index contributed by atoms with van der Waals surface area (Å²) in [4.78, 5) is 43.5. The SMILES string of the molecule is CC(=O)NCCCCCC(=O)NC(CC(N)=O)C(=O)O. The van der Waals surface area contributed by atoms with Crippen molar-refractivity contribution >= 4 is 23.7 Å². The molecule has 5 N–H and O–H groups in total. The molecule has 0 aliphatic rings. The third-order valence-corrected chi connectivity index (χ3v) is 2.49. The van der Waals surface area contributed by atoms with E-state index in [0.717, 1.165) is 12.8 Å². The standard InChI is InChI=1S/C12H21N3O5/c1-8(16)14-6-4-2-3-5-11(18)15-9(12(19)20)7-10(13)17/h9H,2-7H2,1H3,(H2,13,17)(H,14,16)(H,15,18)(H,19,20). The number of carbonyl (C=O) groups excluding carboxylic acids is 3. The van der Waals surface area contributed by atoms with Crippen LogP contribution < -0.4 is 16.4 Å². The molecule has 0 fully saturated rings. The van der Waals surface area contributed by atoms with E-state index in [1.807, 2.05) is 0 Å². The number of nitrogens with one attached hydrogen (secondary N) is 2. The van der Waals surface area contributed by atoms with Gasteiger partial charge in [0.1, 0.15) is 6.04 Å². The maximum Gasteiger partial charge on any atom is 0.326 e. The van der Waals surface area contributed by atoms with Crippen molar-refractivity contribution < 1.29 is 24.3 Å². The van der Waals surface area contributed by atoms with Gasteiger partial charge in [-0.05, 0) is 12.8 Å². The van der Waals surface area contributed by atoms with Gasteiger partial charge in [0.15, 0.2) is 0 Å². The maximum absolute atomic E-state index is 11.5. The van der Waals surface area contributed by atoms with Gasteiger partial charge in [-0.3, -0.25) is 14.4 Å². The predicted octanol–water partition coefficient (Wildman–Crippen LogP) is -0.872. The number of rotatable bonds is 10. The highest BCUT2D eigenvalue weighted by atomic mass is 16.4. The minimum absolute atomic E-state index is 0.0986. The summed E-state index contributed by atoms with van der Waals surface area (Å²) in [7, 11) is 0. The van der Waals surface area contributed by atoms with Crippen LogP contribution in [0.3, 0.4) is 0 Å². The molecule has 8 nitrogen and oxygen atoms in total. The van der Waals surface area contributed by atoms with Gasteiger partial charge < -0.3 is 21.5 Å². The van der Waals surface area contributed by atoms with Crippen LogP contribution in [0.5, 0.6) is 0 Å². The Morgan fingerprint density at radius 1 is 1.15 bits per heavy atom. The number of carboxylic acids is 1. The highest BCUT2D eigenvalue weighted by molar-refractivity contribution is 5.88. The van der Waals surface area contributed by atoms with Crippen LogP contribution >= 0.6 is 0 Å². The quantitative estimate of drug-likeness (QED) is 0.387. The number of carbonyl (C=O) groups is 4. The Labute approximate surface area is 117 Å². The zero-order valence-corrected chi connectivity index (χ0v) is 11.5. The Morgan fingerprint density at radius 3 is 2.30 bits per heavy atom. The number of primary amides is 1. The van der Waals surface area contributed by atoms with E-state index in [0.29, 0.717) is 13.0 Å². The molecule has 0 saturated carbocycles. The Kier molecular flexibility index (Phi) is 8.73. The normalized spacial score (nSPS) is 11.4. The number of amides is 3. The molecule has 0 spiro atoms. The zero-order valence-electron chi connectivity index (χ0n) is 11.5. The summed E-state index contributed by atoms with van der Waals surface area (Å²) in [6.45, 7) is 1.98. The van der Waals surface area contributed by atoms with E-state index in [-0.39, 0.29) is 12.3 Å². The molecule has 0 aliphatic heterocycles. The number of nitrogens with two attached hydrogens (primary N) is 1. The number of carboxylic acid groups (broad SMARTS) is 1. The van der Waals surface area contributed by atoms with Gasteiger partial charge in [-0.25, -0.2) is 4.79 Å². The molecule has 0 radical (unpaired) electrons. The minimum Gasteiger partial charge on any atom is -0.480 e. The average molecular weight is 287 g/mol. The summed E-state index contributed by atoms with van der Waals surface area (Å²) in [6, 6.07) is -1.28. The molecule has 0 aromatic carbocycles. The second-order valence-corrected chi connectivity index (χ2v) is 4.42. The molecule has 3 amide bonds. The van der Waals surface area contributed by atoms with Gasteiger partial charge in [-0.1, -0.05) is 6.42 Å². The summed E-state index contributed by atoms with van der Waals surface area (Å²) >= 11 is 0. The van der Waals surface area contributed by atoms with Gasteiger partial charge in [-0.2, -0.15) is 0 Å². The lowest BCUT2D eigenvalue weighted by atomic mass is 10.1. The lowest BCUT2D eigenvalue weighted by molar-refractivity contribution is -0.143. The lowest BCUT2D eigenvalue weighted by Gasteiger charge is -2.12. The van der Waals surface area contributed by atoms with Gasteiger partial charge in [0.05, 0.1) is 6.42 Å². The Morgan fingerprint density at radius 2 is 1.80 bits per heavy atom. The predicted molar refractivity (Wildman–Crippen MR) is 70.5 cm³/mol. The van der Waals surface area contributed by atoms with Crippen LogP contribution in [0.1, 0.15) is 39.0 Å².